The fraction of sp³-hybridized carbons (Fsp3) is 0.100. The molecule has 2 aromatic carbocycles. The third kappa shape index (κ3) is 4.42. The van der Waals surface area contributed by atoms with Crippen molar-refractivity contribution in [3.8, 4) is 5.75 Å². The monoisotopic (exact) mass is 379 g/mol. The average Bonchev–Trinajstić information content (AvgIpc) is 2.68. The molecular weight excluding hydrogens is 362 g/mol. The number of benzene rings is 2. The fourth-order valence-corrected chi connectivity index (χ4v) is 2.58. The summed E-state index contributed by atoms with van der Waals surface area (Å²) in [5.41, 5.74) is 6.18. The van der Waals surface area contributed by atoms with E-state index in [1.807, 2.05) is 6.07 Å². The maximum absolute atomic E-state index is 12.7. The first kappa shape index (κ1) is 18.8. The van der Waals surface area contributed by atoms with Gasteiger partial charge in [-0.05, 0) is 29.3 Å². The number of primary amides is 1. The lowest BCUT2D eigenvalue weighted by atomic mass is 10.1. The lowest BCUT2D eigenvalue weighted by Crippen LogP contribution is -2.53. The molecule has 2 aromatic rings. The van der Waals surface area contributed by atoms with Gasteiger partial charge in [0.15, 0.2) is 6.61 Å². The van der Waals surface area contributed by atoms with Crippen LogP contribution in [0.4, 0.5) is 4.79 Å². The zero-order valence-electron chi connectivity index (χ0n) is 14.8. The molecule has 1 saturated heterocycles. The van der Waals surface area contributed by atoms with E-state index in [1.54, 1.807) is 48.5 Å². The number of rotatable bonds is 6. The highest BCUT2D eigenvalue weighted by Gasteiger charge is 2.35. The van der Waals surface area contributed by atoms with Gasteiger partial charge in [-0.25, -0.2) is 4.79 Å². The Bertz CT molecular complexity index is 952. The lowest BCUT2D eigenvalue weighted by Gasteiger charge is -2.26. The number of carbonyl (C=O) groups is 4. The number of nitrogens with zero attached hydrogens (tertiary/aromatic N) is 1. The van der Waals surface area contributed by atoms with Crippen molar-refractivity contribution in [2.24, 2.45) is 5.73 Å². The van der Waals surface area contributed by atoms with Crippen molar-refractivity contribution in [2.45, 2.75) is 6.54 Å². The number of amides is 5. The molecule has 3 N–H and O–H groups in total. The summed E-state index contributed by atoms with van der Waals surface area (Å²) in [5.74, 6) is -1.61. The maximum Gasteiger partial charge on any atom is 0.331 e. The molecule has 142 valence electrons. The van der Waals surface area contributed by atoms with Crippen molar-refractivity contribution in [3.05, 3.63) is 71.3 Å². The summed E-state index contributed by atoms with van der Waals surface area (Å²) in [6, 6.07) is 14.6. The Morgan fingerprint density at radius 1 is 1.04 bits per heavy atom. The number of ether oxygens (including phenoxy) is 1. The highest BCUT2D eigenvalue weighted by atomic mass is 16.5. The Morgan fingerprint density at radius 3 is 2.36 bits per heavy atom. The van der Waals surface area contributed by atoms with Gasteiger partial charge in [0.25, 0.3) is 17.7 Å². The summed E-state index contributed by atoms with van der Waals surface area (Å²) in [6.07, 6.45) is 1.39. The van der Waals surface area contributed by atoms with Crippen molar-refractivity contribution in [2.75, 3.05) is 6.61 Å². The number of urea groups is 1. The minimum atomic E-state index is -0.758. The number of hydrogen-bond acceptors (Lipinski definition) is 5. The van der Waals surface area contributed by atoms with Crippen LogP contribution in [0.1, 0.15) is 11.1 Å². The Hall–Kier alpha value is -3.94. The van der Waals surface area contributed by atoms with Crippen LogP contribution < -0.4 is 15.8 Å². The molecule has 0 aromatic heterocycles. The zero-order valence-corrected chi connectivity index (χ0v) is 14.8. The van der Waals surface area contributed by atoms with Crippen LogP contribution in [-0.2, 0) is 20.9 Å². The Morgan fingerprint density at radius 2 is 1.71 bits per heavy atom. The first-order valence-electron chi connectivity index (χ1n) is 8.38. The molecule has 0 radical (unpaired) electrons. The predicted octanol–water partition coefficient (Wildman–Crippen LogP) is 1.21. The maximum atomic E-state index is 12.7. The summed E-state index contributed by atoms with van der Waals surface area (Å²) >= 11 is 0. The van der Waals surface area contributed by atoms with Crippen LogP contribution in [0.2, 0.25) is 0 Å². The molecule has 0 saturated carbocycles. The van der Waals surface area contributed by atoms with Gasteiger partial charge < -0.3 is 10.5 Å². The second kappa shape index (κ2) is 8.17. The molecule has 1 heterocycles. The molecule has 0 aliphatic carbocycles. The van der Waals surface area contributed by atoms with Crippen molar-refractivity contribution < 1.29 is 23.9 Å². The van der Waals surface area contributed by atoms with Crippen molar-refractivity contribution in [1.82, 2.24) is 10.2 Å². The van der Waals surface area contributed by atoms with Crippen molar-refractivity contribution in [1.29, 1.82) is 0 Å². The summed E-state index contributed by atoms with van der Waals surface area (Å²) in [5, 5.41) is 2.18. The molecule has 0 unspecified atom stereocenters. The van der Waals surface area contributed by atoms with E-state index < -0.39 is 23.8 Å². The highest BCUT2D eigenvalue weighted by molar-refractivity contribution is 6.30. The molecule has 28 heavy (non-hydrogen) atoms. The number of barbiturate groups is 1. The van der Waals surface area contributed by atoms with Crippen molar-refractivity contribution in [3.63, 3.8) is 0 Å². The zero-order chi connectivity index (χ0) is 20.1. The normalized spacial score (nSPS) is 15.5. The third-order valence-corrected chi connectivity index (χ3v) is 3.94. The van der Waals surface area contributed by atoms with Crippen LogP contribution in [0.3, 0.4) is 0 Å². The van der Waals surface area contributed by atoms with E-state index in [2.05, 4.69) is 5.32 Å². The van der Waals surface area contributed by atoms with Crippen LogP contribution in [0, 0.1) is 0 Å². The van der Waals surface area contributed by atoms with E-state index in [1.165, 1.54) is 6.08 Å². The first-order valence-corrected chi connectivity index (χ1v) is 8.38. The van der Waals surface area contributed by atoms with E-state index in [0.717, 1.165) is 10.5 Å². The molecule has 0 spiro atoms. The fourth-order valence-electron chi connectivity index (χ4n) is 2.58. The van der Waals surface area contributed by atoms with E-state index >= 15 is 0 Å². The number of carbonyl (C=O) groups excluding carboxylic acids is 4. The van der Waals surface area contributed by atoms with Gasteiger partial charge in [0.2, 0.25) is 0 Å². The van der Waals surface area contributed by atoms with Gasteiger partial charge in [0, 0.05) is 0 Å². The molecule has 1 aliphatic heterocycles. The number of imide groups is 2. The molecule has 3 rings (SSSR count). The minimum absolute atomic E-state index is 0.0516. The second-order valence-electron chi connectivity index (χ2n) is 6.02. The van der Waals surface area contributed by atoms with Crippen LogP contribution >= 0.6 is 0 Å². The van der Waals surface area contributed by atoms with Gasteiger partial charge in [-0.3, -0.25) is 24.6 Å². The van der Waals surface area contributed by atoms with Gasteiger partial charge in [-0.15, -0.1) is 0 Å². The van der Waals surface area contributed by atoms with E-state index in [4.69, 9.17) is 10.5 Å². The summed E-state index contributed by atoms with van der Waals surface area (Å²) in [6.45, 7) is -0.200. The van der Waals surface area contributed by atoms with Gasteiger partial charge >= 0.3 is 6.03 Å². The molecule has 8 heteroatoms. The molecule has 0 bridgehead atoms. The van der Waals surface area contributed by atoms with E-state index in [9.17, 15) is 19.2 Å². The molecule has 8 nitrogen and oxygen atoms in total. The quantitative estimate of drug-likeness (QED) is 0.578. The highest BCUT2D eigenvalue weighted by Crippen LogP contribution is 2.19. The summed E-state index contributed by atoms with van der Waals surface area (Å²) < 4.78 is 5.16. The smallest absolute Gasteiger partial charge is 0.331 e. The number of hydrogen-bond donors (Lipinski definition) is 2. The van der Waals surface area contributed by atoms with Gasteiger partial charge in [0.1, 0.15) is 11.3 Å². The average molecular weight is 379 g/mol. The van der Waals surface area contributed by atoms with Gasteiger partial charge in [0.05, 0.1) is 6.54 Å². The van der Waals surface area contributed by atoms with Crippen LogP contribution in [0.5, 0.6) is 5.75 Å². The van der Waals surface area contributed by atoms with Gasteiger partial charge in [-0.1, -0.05) is 42.5 Å². The molecule has 5 amide bonds. The Kier molecular flexibility index (Phi) is 5.50. The minimum Gasteiger partial charge on any atom is -0.484 e. The van der Waals surface area contributed by atoms with Crippen LogP contribution in [-0.4, -0.2) is 35.3 Å². The van der Waals surface area contributed by atoms with Gasteiger partial charge in [-0.2, -0.15) is 0 Å². The van der Waals surface area contributed by atoms with E-state index in [0.29, 0.717) is 11.3 Å². The molecule has 0 atom stereocenters. The molecular formula is C20H17N3O5. The van der Waals surface area contributed by atoms with Crippen molar-refractivity contribution >= 4 is 29.8 Å². The van der Waals surface area contributed by atoms with Crippen LogP contribution in [0.25, 0.3) is 6.08 Å². The molecule has 1 aliphatic rings. The summed E-state index contributed by atoms with van der Waals surface area (Å²) in [4.78, 5) is 48.6. The number of nitrogens with one attached hydrogen (secondary N) is 1. The number of nitrogens with two attached hydrogens (primary N) is 1. The summed E-state index contributed by atoms with van der Waals surface area (Å²) in [7, 11) is 0. The molecule has 1 fully saturated rings. The standard InChI is InChI=1S/C20H17N3O5/c21-17(24)12-28-15-8-6-13(7-9-15)10-16-18(25)22-20(27)23(19(16)26)11-14-4-2-1-3-5-14/h1-10H,11-12H2,(H2,21,24)(H,22,25,27)/b16-10+. The van der Waals surface area contributed by atoms with E-state index in [-0.39, 0.29) is 18.7 Å². The predicted molar refractivity (Wildman–Crippen MR) is 99.6 cm³/mol. The largest absolute Gasteiger partial charge is 0.484 e. The Balaban J connectivity index is 1.79. The lowest BCUT2D eigenvalue weighted by molar-refractivity contribution is -0.130. The third-order valence-electron chi connectivity index (χ3n) is 3.94. The van der Waals surface area contributed by atoms with Crippen LogP contribution in [0.15, 0.2) is 60.2 Å². The first-order chi connectivity index (χ1) is 13.4. The second-order valence-corrected chi connectivity index (χ2v) is 6.02. The SMILES string of the molecule is NC(=O)COc1ccc(/C=C2\C(=O)NC(=O)N(Cc3ccccc3)C2=O)cc1. The topological polar surface area (TPSA) is 119 Å². The Labute approximate surface area is 160 Å².